The summed E-state index contributed by atoms with van der Waals surface area (Å²) in [6, 6.07) is 21.3. The summed E-state index contributed by atoms with van der Waals surface area (Å²) in [7, 11) is 1.58. The first-order valence-electron chi connectivity index (χ1n) is 18.0. The molecule has 0 bridgehead atoms. The molecule has 0 spiro atoms. The summed E-state index contributed by atoms with van der Waals surface area (Å²) in [5.41, 5.74) is 4.12. The fourth-order valence-corrected chi connectivity index (χ4v) is 7.31. The van der Waals surface area contributed by atoms with E-state index >= 15 is 0 Å². The molecule has 2 N–H and O–H groups in total. The van der Waals surface area contributed by atoms with E-state index in [-0.39, 0.29) is 23.7 Å². The van der Waals surface area contributed by atoms with Gasteiger partial charge in [-0.25, -0.2) is 4.98 Å². The molecule has 12 heteroatoms. The third-order valence-electron chi connectivity index (χ3n) is 9.77. The molecule has 2 fully saturated rings. The molecule has 3 aromatic carbocycles. The SMILES string of the molecule is C=Cc1cc(NCCCOc2ccc(C(C)(C)c3ccc(OCc4cnc(N5CCOCC5)s4)cc3)cc2)ccc1C(=O)N(C)C1CCC(=O)NC1=O. The second-order valence-electron chi connectivity index (χ2n) is 13.7. The van der Waals surface area contributed by atoms with Crippen LogP contribution in [0.1, 0.15) is 65.0 Å². The Kier molecular flexibility index (Phi) is 12.1. The average molecular weight is 738 g/mol. The van der Waals surface area contributed by atoms with Gasteiger partial charge in [-0.05, 0) is 72.0 Å². The standard InChI is InChI=1S/C41H47N5O6S/c1-5-28-25-31(11-16-35(28)39(49)45(4)36-17-18-37(47)44-38(36)48)42-19-6-22-51-32-12-7-29(8-13-32)41(2,3)30-9-14-33(15-10-30)52-27-34-26-43-40(53-34)46-20-23-50-24-21-46/h5,7-16,25-26,36,42H,1,6,17-24,27H2,2-4H3,(H,44,47,48). The van der Waals surface area contributed by atoms with Gasteiger partial charge in [0.25, 0.3) is 5.91 Å². The fourth-order valence-electron chi connectivity index (χ4n) is 6.44. The molecule has 1 aromatic heterocycles. The molecule has 11 nitrogen and oxygen atoms in total. The van der Waals surface area contributed by atoms with Crippen LogP contribution in [0.3, 0.4) is 0 Å². The minimum Gasteiger partial charge on any atom is -0.494 e. The van der Waals surface area contributed by atoms with Gasteiger partial charge in [-0.15, -0.1) is 0 Å². The number of hydrogen-bond acceptors (Lipinski definition) is 10. The fraction of sp³-hybridized carbons (Fsp3) is 0.366. The van der Waals surface area contributed by atoms with Gasteiger partial charge in [0, 0.05) is 56.0 Å². The van der Waals surface area contributed by atoms with Crippen molar-refractivity contribution in [2.75, 3.05) is 56.7 Å². The number of likely N-dealkylation sites (N-methyl/N-ethyl adjacent to an activating group) is 1. The Hall–Kier alpha value is -5.20. The van der Waals surface area contributed by atoms with Crippen molar-refractivity contribution in [3.8, 4) is 11.5 Å². The van der Waals surface area contributed by atoms with Crippen LogP contribution in [-0.2, 0) is 26.3 Å². The van der Waals surface area contributed by atoms with Crippen molar-refractivity contribution in [1.29, 1.82) is 0 Å². The van der Waals surface area contributed by atoms with Crippen LogP contribution in [0.4, 0.5) is 10.8 Å². The number of carbonyl (C=O) groups is 3. The average Bonchev–Trinajstić information content (AvgIpc) is 3.66. The van der Waals surface area contributed by atoms with Crippen LogP contribution in [0.5, 0.6) is 11.5 Å². The number of rotatable bonds is 15. The number of hydrogen-bond donors (Lipinski definition) is 2. The highest BCUT2D eigenvalue weighted by molar-refractivity contribution is 7.15. The third-order valence-corrected chi connectivity index (χ3v) is 10.8. The molecule has 0 aliphatic carbocycles. The molecule has 3 heterocycles. The monoisotopic (exact) mass is 737 g/mol. The number of imide groups is 1. The maximum absolute atomic E-state index is 13.2. The summed E-state index contributed by atoms with van der Waals surface area (Å²) < 4.78 is 17.6. The zero-order chi connectivity index (χ0) is 37.4. The Morgan fingerprint density at radius 2 is 1.74 bits per heavy atom. The molecule has 2 saturated heterocycles. The van der Waals surface area contributed by atoms with Gasteiger partial charge >= 0.3 is 0 Å². The Bertz CT molecular complexity index is 1900. The lowest BCUT2D eigenvalue weighted by Gasteiger charge is -2.30. The van der Waals surface area contributed by atoms with Crippen LogP contribution in [0.15, 0.2) is 79.5 Å². The van der Waals surface area contributed by atoms with Crippen molar-refractivity contribution < 1.29 is 28.6 Å². The molecular weight excluding hydrogens is 691 g/mol. The van der Waals surface area contributed by atoms with E-state index in [4.69, 9.17) is 14.2 Å². The molecule has 1 atom stereocenters. The van der Waals surface area contributed by atoms with E-state index in [0.29, 0.717) is 37.3 Å². The van der Waals surface area contributed by atoms with Crippen LogP contribution >= 0.6 is 11.3 Å². The molecule has 2 aliphatic rings. The first-order chi connectivity index (χ1) is 25.6. The summed E-state index contributed by atoms with van der Waals surface area (Å²) in [5.74, 6) is 0.572. The lowest BCUT2D eigenvalue weighted by molar-refractivity contribution is -0.136. The van der Waals surface area contributed by atoms with E-state index in [2.05, 4.69) is 65.2 Å². The van der Waals surface area contributed by atoms with E-state index < -0.39 is 11.9 Å². The van der Waals surface area contributed by atoms with Crippen LogP contribution in [-0.4, -0.2) is 80.1 Å². The van der Waals surface area contributed by atoms with Gasteiger partial charge in [-0.1, -0.05) is 62.1 Å². The quantitative estimate of drug-likeness (QED) is 0.107. The number of nitrogens with zero attached hydrogens (tertiary/aromatic N) is 3. The van der Waals surface area contributed by atoms with Crippen molar-refractivity contribution in [3.05, 3.63) is 107 Å². The highest BCUT2D eigenvalue weighted by Crippen LogP contribution is 2.34. The van der Waals surface area contributed by atoms with Gasteiger partial charge in [0.2, 0.25) is 11.8 Å². The lowest BCUT2D eigenvalue weighted by Crippen LogP contribution is -2.52. The van der Waals surface area contributed by atoms with Crippen molar-refractivity contribution in [2.45, 2.75) is 51.2 Å². The van der Waals surface area contributed by atoms with Gasteiger partial charge in [0.15, 0.2) is 5.13 Å². The molecule has 2 aliphatic heterocycles. The number of ether oxygens (including phenoxy) is 3. The molecule has 0 radical (unpaired) electrons. The van der Waals surface area contributed by atoms with Crippen molar-refractivity contribution >= 4 is 46.0 Å². The zero-order valence-corrected chi connectivity index (χ0v) is 31.4. The summed E-state index contributed by atoms with van der Waals surface area (Å²) in [5, 5.41) is 6.72. The Balaban J connectivity index is 0.940. The number of benzene rings is 3. The number of piperidine rings is 1. The lowest BCUT2D eigenvalue weighted by atomic mass is 9.78. The number of nitrogens with one attached hydrogen (secondary N) is 2. The summed E-state index contributed by atoms with van der Waals surface area (Å²) >= 11 is 1.67. The Morgan fingerprint density at radius 1 is 1.06 bits per heavy atom. The van der Waals surface area contributed by atoms with Crippen LogP contribution in [0, 0.1) is 0 Å². The maximum Gasteiger partial charge on any atom is 0.254 e. The molecular formula is C41H47N5O6S. The molecule has 0 saturated carbocycles. The van der Waals surface area contributed by atoms with Crippen LogP contribution in [0.2, 0.25) is 0 Å². The van der Waals surface area contributed by atoms with Crippen molar-refractivity contribution in [1.82, 2.24) is 15.2 Å². The highest BCUT2D eigenvalue weighted by Gasteiger charge is 2.33. The predicted molar refractivity (Wildman–Crippen MR) is 208 cm³/mol. The normalized spacial score (nSPS) is 16.1. The third kappa shape index (κ3) is 9.24. The van der Waals surface area contributed by atoms with Gasteiger partial charge < -0.3 is 29.3 Å². The number of morpholine rings is 1. The highest BCUT2D eigenvalue weighted by atomic mass is 32.1. The first-order valence-corrected chi connectivity index (χ1v) is 18.8. The van der Waals surface area contributed by atoms with Gasteiger partial charge in [0.1, 0.15) is 24.1 Å². The minimum absolute atomic E-state index is 0.206. The Morgan fingerprint density at radius 3 is 2.40 bits per heavy atom. The predicted octanol–water partition coefficient (Wildman–Crippen LogP) is 6.29. The second kappa shape index (κ2) is 17.1. The molecule has 4 aromatic rings. The van der Waals surface area contributed by atoms with E-state index in [1.54, 1.807) is 30.5 Å². The summed E-state index contributed by atoms with van der Waals surface area (Å²) in [6.07, 6.45) is 4.80. The number of amides is 3. The summed E-state index contributed by atoms with van der Waals surface area (Å²) in [4.78, 5) is 46.3. The largest absolute Gasteiger partial charge is 0.494 e. The van der Waals surface area contributed by atoms with E-state index in [1.165, 1.54) is 16.0 Å². The molecule has 3 amide bonds. The van der Waals surface area contributed by atoms with Crippen LogP contribution < -0.4 is 25.0 Å². The first kappa shape index (κ1) is 37.6. The van der Waals surface area contributed by atoms with Gasteiger partial charge in [0.05, 0.1) is 24.7 Å². The topological polar surface area (TPSA) is 122 Å². The molecule has 6 rings (SSSR count). The van der Waals surface area contributed by atoms with E-state index in [0.717, 1.165) is 59.9 Å². The molecule has 278 valence electrons. The molecule has 1 unspecified atom stereocenters. The number of carbonyl (C=O) groups excluding carboxylic acids is 3. The maximum atomic E-state index is 13.2. The van der Waals surface area contributed by atoms with Crippen molar-refractivity contribution in [3.63, 3.8) is 0 Å². The number of thiazole rings is 1. The van der Waals surface area contributed by atoms with Crippen LogP contribution in [0.25, 0.3) is 6.08 Å². The van der Waals surface area contributed by atoms with E-state index in [9.17, 15) is 14.4 Å². The van der Waals surface area contributed by atoms with E-state index in [1.807, 2.05) is 42.6 Å². The number of anilines is 2. The minimum atomic E-state index is -0.687. The Labute approximate surface area is 315 Å². The molecule has 53 heavy (non-hydrogen) atoms. The number of aromatic nitrogens is 1. The van der Waals surface area contributed by atoms with Gasteiger partial charge in [-0.2, -0.15) is 0 Å². The van der Waals surface area contributed by atoms with Gasteiger partial charge in [-0.3, -0.25) is 19.7 Å². The van der Waals surface area contributed by atoms with Crippen molar-refractivity contribution in [2.24, 2.45) is 0 Å². The summed E-state index contributed by atoms with van der Waals surface area (Å²) in [6.45, 7) is 13.2. The smallest absolute Gasteiger partial charge is 0.254 e. The zero-order valence-electron chi connectivity index (χ0n) is 30.6. The second-order valence-corrected chi connectivity index (χ2v) is 14.8.